The monoisotopic (exact) mass is 346 g/mol. The molecule has 1 aliphatic heterocycles. The summed E-state index contributed by atoms with van der Waals surface area (Å²) in [5, 5.41) is 7.12. The Morgan fingerprint density at radius 2 is 2.13 bits per heavy atom. The molecular weight excluding hydrogens is 324 g/mol. The lowest BCUT2D eigenvalue weighted by Crippen LogP contribution is -2.37. The molecule has 2 fully saturated rings. The summed E-state index contributed by atoms with van der Waals surface area (Å²) in [6, 6.07) is 2.93. The van der Waals surface area contributed by atoms with Crippen LogP contribution in [-0.2, 0) is 20.1 Å². The summed E-state index contributed by atoms with van der Waals surface area (Å²) in [4.78, 5) is 4.22. The predicted molar refractivity (Wildman–Crippen MR) is 94.2 cm³/mol. The van der Waals surface area contributed by atoms with Gasteiger partial charge in [0.05, 0.1) is 6.67 Å². The van der Waals surface area contributed by atoms with Gasteiger partial charge in [-0.3, -0.25) is 4.90 Å². The maximum atomic E-state index is 5.65. The first-order valence-electron chi connectivity index (χ1n) is 8.66. The zero-order valence-corrected chi connectivity index (χ0v) is 15.1. The third-order valence-electron chi connectivity index (χ3n) is 5.52. The molecule has 6 heteroatoms. The molecule has 0 saturated heterocycles. The highest BCUT2D eigenvalue weighted by atomic mass is 32.1. The second-order valence-electron chi connectivity index (χ2n) is 7.26. The predicted octanol–water partition coefficient (Wildman–Crippen LogP) is 3.86. The second-order valence-corrected chi connectivity index (χ2v) is 8.62. The minimum atomic E-state index is 0.582. The summed E-state index contributed by atoms with van der Waals surface area (Å²) in [6.45, 7) is 1.97. The highest BCUT2D eigenvalue weighted by Crippen LogP contribution is 2.48. The van der Waals surface area contributed by atoms with Crippen LogP contribution in [0, 0.1) is 10.7 Å². The van der Waals surface area contributed by atoms with Crippen molar-refractivity contribution in [1.29, 1.82) is 0 Å². The van der Waals surface area contributed by atoms with Crippen LogP contribution in [-0.4, -0.2) is 25.8 Å². The lowest BCUT2D eigenvalue weighted by molar-refractivity contribution is 0.117. The van der Waals surface area contributed by atoms with Gasteiger partial charge in [0, 0.05) is 30.4 Å². The fourth-order valence-corrected chi connectivity index (χ4v) is 5.09. The standard InChI is InChI=1S/C17H22N4S2/c1-19-16(12-4-5-12)18-21(17(19)22)10-20-8-6-14-13(7-9-23-14)15(20)11-2-3-11/h7,9,11-12,15H,2-6,8,10H2,1H3/t15-/m0/s1. The van der Waals surface area contributed by atoms with E-state index in [4.69, 9.17) is 17.3 Å². The zero-order valence-electron chi connectivity index (χ0n) is 13.4. The van der Waals surface area contributed by atoms with Crippen molar-refractivity contribution in [3.63, 3.8) is 0 Å². The third-order valence-corrected chi connectivity index (χ3v) is 7.00. The number of thiophene rings is 1. The van der Waals surface area contributed by atoms with Gasteiger partial charge >= 0.3 is 0 Å². The number of aromatic nitrogens is 3. The maximum Gasteiger partial charge on any atom is 0.198 e. The van der Waals surface area contributed by atoms with Gasteiger partial charge in [-0.15, -0.1) is 11.3 Å². The first-order chi connectivity index (χ1) is 11.2. The van der Waals surface area contributed by atoms with E-state index in [9.17, 15) is 0 Å². The lowest BCUT2D eigenvalue weighted by atomic mass is 9.96. The molecule has 2 aromatic heterocycles. The van der Waals surface area contributed by atoms with E-state index in [0.717, 1.165) is 23.9 Å². The highest BCUT2D eigenvalue weighted by Gasteiger charge is 2.40. The number of hydrogen-bond acceptors (Lipinski definition) is 4. The summed E-state index contributed by atoms with van der Waals surface area (Å²) in [7, 11) is 2.07. The van der Waals surface area contributed by atoms with Crippen LogP contribution in [0.2, 0.25) is 0 Å². The largest absolute Gasteiger partial charge is 0.307 e. The number of rotatable bonds is 4. The fourth-order valence-electron chi connectivity index (χ4n) is 3.99. The molecule has 0 spiro atoms. The van der Waals surface area contributed by atoms with Gasteiger partial charge < -0.3 is 4.57 Å². The van der Waals surface area contributed by atoms with Crippen LogP contribution in [0.15, 0.2) is 11.4 Å². The van der Waals surface area contributed by atoms with Crippen LogP contribution in [0.3, 0.4) is 0 Å². The van der Waals surface area contributed by atoms with Crippen LogP contribution >= 0.6 is 23.6 Å². The normalized spacial score (nSPS) is 24.8. The first-order valence-corrected chi connectivity index (χ1v) is 9.95. The van der Waals surface area contributed by atoms with Crippen LogP contribution in [0.4, 0.5) is 0 Å². The molecule has 5 rings (SSSR count). The molecule has 4 nitrogen and oxygen atoms in total. The van der Waals surface area contributed by atoms with Gasteiger partial charge in [0.2, 0.25) is 0 Å². The van der Waals surface area contributed by atoms with Gasteiger partial charge in [-0.05, 0) is 67.2 Å². The van der Waals surface area contributed by atoms with E-state index in [0.29, 0.717) is 12.0 Å². The molecule has 23 heavy (non-hydrogen) atoms. The molecule has 0 N–H and O–H groups in total. The smallest absolute Gasteiger partial charge is 0.198 e. The van der Waals surface area contributed by atoms with Crippen molar-refractivity contribution in [2.45, 2.75) is 50.7 Å². The second kappa shape index (κ2) is 5.26. The maximum absolute atomic E-state index is 5.65. The van der Waals surface area contributed by atoms with Crippen molar-refractivity contribution in [3.05, 3.63) is 32.5 Å². The molecule has 0 radical (unpaired) electrons. The molecule has 0 unspecified atom stereocenters. The molecule has 0 bridgehead atoms. The highest BCUT2D eigenvalue weighted by molar-refractivity contribution is 7.71. The summed E-state index contributed by atoms with van der Waals surface area (Å²) in [5.41, 5.74) is 1.58. The Balaban J connectivity index is 1.46. The average molecular weight is 347 g/mol. The van der Waals surface area contributed by atoms with Gasteiger partial charge in [0.25, 0.3) is 0 Å². The topological polar surface area (TPSA) is 26.0 Å². The van der Waals surface area contributed by atoms with Gasteiger partial charge in [-0.2, -0.15) is 5.10 Å². The van der Waals surface area contributed by atoms with Crippen molar-refractivity contribution in [2.75, 3.05) is 6.54 Å². The Kier molecular flexibility index (Phi) is 3.29. The van der Waals surface area contributed by atoms with E-state index >= 15 is 0 Å². The molecule has 2 saturated carbocycles. The molecule has 3 heterocycles. The first kappa shape index (κ1) is 14.4. The molecular formula is C17H22N4S2. The minimum Gasteiger partial charge on any atom is -0.307 e. The quantitative estimate of drug-likeness (QED) is 0.786. The van der Waals surface area contributed by atoms with Gasteiger partial charge in [0.15, 0.2) is 4.77 Å². The van der Waals surface area contributed by atoms with Crippen molar-refractivity contribution < 1.29 is 0 Å². The Labute approximate surface area is 145 Å². The molecule has 2 aliphatic carbocycles. The van der Waals surface area contributed by atoms with Crippen LogP contribution in [0.25, 0.3) is 0 Å². The van der Waals surface area contributed by atoms with Crippen molar-refractivity contribution >= 4 is 23.6 Å². The molecule has 122 valence electrons. The van der Waals surface area contributed by atoms with Crippen molar-refractivity contribution in [3.8, 4) is 0 Å². The van der Waals surface area contributed by atoms with Gasteiger partial charge in [0.1, 0.15) is 5.82 Å². The number of nitrogens with zero attached hydrogens (tertiary/aromatic N) is 4. The Hall–Kier alpha value is -0.980. The molecule has 1 atom stereocenters. The summed E-state index contributed by atoms with van der Waals surface area (Å²) in [6.07, 6.45) is 6.46. The van der Waals surface area contributed by atoms with Gasteiger partial charge in [-0.25, -0.2) is 4.68 Å². The number of fused-ring (bicyclic) bond motifs is 1. The summed E-state index contributed by atoms with van der Waals surface area (Å²) in [5.74, 6) is 2.67. The molecule has 0 aromatic carbocycles. The van der Waals surface area contributed by atoms with E-state index in [1.807, 2.05) is 11.3 Å². The van der Waals surface area contributed by atoms with Crippen LogP contribution < -0.4 is 0 Å². The van der Waals surface area contributed by atoms with Crippen molar-refractivity contribution in [2.24, 2.45) is 13.0 Å². The third kappa shape index (κ3) is 2.42. The van der Waals surface area contributed by atoms with E-state index in [-0.39, 0.29) is 0 Å². The molecule has 3 aliphatic rings. The molecule has 2 aromatic rings. The lowest BCUT2D eigenvalue weighted by Gasteiger charge is -2.35. The van der Waals surface area contributed by atoms with Crippen molar-refractivity contribution in [1.82, 2.24) is 19.2 Å². The Morgan fingerprint density at radius 3 is 2.87 bits per heavy atom. The van der Waals surface area contributed by atoms with E-state index in [2.05, 4.69) is 32.6 Å². The molecule has 0 amide bonds. The van der Waals surface area contributed by atoms with E-state index in [1.165, 1.54) is 37.9 Å². The minimum absolute atomic E-state index is 0.582. The SMILES string of the molecule is Cn1c(C2CC2)nn(CN2CCc3sccc3[C@@H]2C2CC2)c1=S. The van der Waals surface area contributed by atoms with E-state index in [1.54, 1.807) is 10.4 Å². The number of hydrogen-bond donors (Lipinski definition) is 0. The Bertz CT molecular complexity index is 794. The van der Waals surface area contributed by atoms with Gasteiger partial charge in [-0.1, -0.05) is 0 Å². The van der Waals surface area contributed by atoms with Crippen LogP contribution in [0.5, 0.6) is 0 Å². The fraction of sp³-hybridized carbons (Fsp3) is 0.647. The zero-order chi connectivity index (χ0) is 15.6. The Morgan fingerprint density at radius 1 is 1.30 bits per heavy atom. The average Bonchev–Trinajstić information content (AvgIpc) is 3.47. The van der Waals surface area contributed by atoms with Crippen LogP contribution in [0.1, 0.15) is 53.9 Å². The summed E-state index contributed by atoms with van der Waals surface area (Å²) >= 11 is 7.58. The van der Waals surface area contributed by atoms with E-state index < -0.39 is 0 Å². The summed E-state index contributed by atoms with van der Waals surface area (Å²) < 4.78 is 5.06.